The fourth-order valence-electron chi connectivity index (χ4n) is 2.62. The summed E-state index contributed by atoms with van der Waals surface area (Å²) in [6.07, 6.45) is 3.77. The summed E-state index contributed by atoms with van der Waals surface area (Å²) < 4.78 is 1.76. The maximum absolute atomic E-state index is 11.3. The average Bonchev–Trinajstić information content (AvgIpc) is 2.95. The molecule has 1 atom stereocenters. The number of carbonyl (C=O) groups is 1. The van der Waals surface area contributed by atoms with Gasteiger partial charge in [-0.3, -0.25) is 9.48 Å². The maximum atomic E-state index is 11.3. The summed E-state index contributed by atoms with van der Waals surface area (Å²) in [5.74, 6) is -1.20. The van der Waals surface area contributed by atoms with Gasteiger partial charge in [0.2, 0.25) is 0 Å². The summed E-state index contributed by atoms with van der Waals surface area (Å²) in [4.78, 5) is 13.4. The molecule has 0 amide bonds. The Bertz CT molecular complexity index is 621. The smallest absolute Gasteiger partial charge is 0.312 e. The van der Waals surface area contributed by atoms with Crippen LogP contribution in [0.3, 0.4) is 0 Å². The molecule has 1 N–H and O–H groups in total. The molecular weight excluding hydrogens is 242 g/mol. The zero-order valence-electron chi connectivity index (χ0n) is 10.7. The SMILES string of the molecule is Cn1cc(CN2CC(C(=O)O)c3ccccc32)cn1. The van der Waals surface area contributed by atoms with Gasteiger partial charge in [-0.2, -0.15) is 5.10 Å². The molecule has 0 fully saturated rings. The molecule has 2 heterocycles. The van der Waals surface area contributed by atoms with Crippen LogP contribution >= 0.6 is 0 Å². The van der Waals surface area contributed by atoms with Crippen molar-refractivity contribution >= 4 is 11.7 Å². The van der Waals surface area contributed by atoms with E-state index in [2.05, 4.69) is 10.00 Å². The van der Waals surface area contributed by atoms with Gasteiger partial charge in [-0.05, 0) is 11.6 Å². The molecule has 0 radical (unpaired) electrons. The van der Waals surface area contributed by atoms with E-state index in [4.69, 9.17) is 0 Å². The molecule has 1 aromatic carbocycles. The molecule has 1 unspecified atom stereocenters. The van der Waals surface area contributed by atoms with Crippen LogP contribution in [0.5, 0.6) is 0 Å². The highest BCUT2D eigenvalue weighted by molar-refractivity contribution is 5.82. The van der Waals surface area contributed by atoms with E-state index < -0.39 is 11.9 Å². The fourth-order valence-corrected chi connectivity index (χ4v) is 2.62. The molecule has 0 bridgehead atoms. The predicted molar refractivity (Wildman–Crippen MR) is 71.1 cm³/mol. The Hall–Kier alpha value is -2.30. The van der Waals surface area contributed by atoms with Gasteiger partial charge in [0, 0.05) is 37.6 Å². The van der Waals surface area contributed by atoms with E-state index >= 15 is 0 Å². The van der Waals surface area contributed by atoms with Crippen LogP contribution in [0.1, 0.15) is 17.0 Å². The number of carboxylic acid groups (broad SMARTS) is 1. The third kappa shape index (κ3) is 2.07. The summed E-state index contributed by atoms with van der Waals surface area (Å²) in [6.45, 7) is 1.21. The first-order valence-corrected chi connectivity index (χ1v) is 6.19. The molecule has 1 aromatic heterocycles. The number of para-hydroxylation sites is 1. The highest BCUT2D eigenvalue weighted by Gasteiger charge is 2.33. The minimum Gasteiger partial charge on any atom is -0.481 e. The van der Waals surface area contributed by atoms with Crippen molar-refractivity contribution in [1.82, 2.24) is 9.78 Å². The topological polar surface area (TPSA) is 58.4 Å². The number of hydrogen-bond acceptors (Lipinski definition) is 3. The van der Waals surface area contributed by atoms with Gasteiger partial charge in [0.25, 0.3) is 0 Å². The van der Waals surface area contributed by atoms with Crippen molar-refractivity contribution in [1.29, 1.82) is 0 Å². The van der Waals surface area contributed by atoms with Gasteiger partial charge in [0.05, 0.1) is 6.20 Å². The number of aromatic nitrogens is 2. The van der Waals surface area contributed by atoms with Gasteiger partial charge in [-0.1, -0.05) is 18.2 Å². The van der Waals surface area contributed by atoms with Crippen LogP contribution in [0, 0.1) is 0 Å². The standard InChI is InChI=1S/C14H15N3O2/c1-16-7-10(6-15-16)8-17-9-12(14(18)19)11-4-2-3-5-13(11)17/h2-7,12H,8-9H2,1H3,(H,18,19). The van der Waals surface area contributed by atoms with E-state index in [1.807, 2.05) is 43.7 Å². The lowest BCUT2D eigenvalue weighted by Crippen LogP contribution is -2.23. The van der Waals surface area contributed by atoms with Crippen molar-refractivity contribution in [3.05, 3.63) is 47.8 Å². The number of hydrogen-bond donors (Lipinski definition) is 1. The van der Waals surface area contributed by atoms with Crippen LogP contribution < -0.4 is 4.90 Å². The van der Waals surface area contributed by atoms with Crippen LogP contribution in [-0.2, 0) is 18.4 Å². The Morgan fingerprint density at radius 2 is 2.26 bits per heavy atom. The van der Waals surface area contributed by atoms with Crippen LogP contribution in [0.2, 0.25) is 0 Å². The van der Waals surface area contributed by atoms with Gasteiger partial charge < -0.3 is 10.0 Å². The first-order chi connectivity index (χ1) is 9.15. The minimum absolute atomic E-state index is 0.437. The van der Waals surface area contributed by atoms with Crippen molar-refractivity contribution in [3.63, 3.8) is 0 Å². The lowest BCUT2D eigenvalue weighted by atomic mass is 10.0. The molecule has 19 heavy (non-hydrogen) atoms. The Morgan fingerprint density at radius 1 is 1.47 bits per heavy atom. The van der Waals surface area contributed by atoms with E-state index in [-0.39, 0.29) is 0 Å². The number of carboxylic acids is 1. The van der Waals surface area contributed by atoms with Gasteiger partial charge in [0.1, 0.15) is 5.92 Å². The average molecular weight is 257 g/mol. The number of nitrogens with zero attached hydrogens (tertiary/aromatic N) is 3. The zero-order chi connectivity index (χ0) is 13.4. The number of benzene rings is 1. The van der Waals surface area contributed by atoms with Crippen molar-refractivity contribution in [2.75, 3.05) is 11.4 Å². The molecule has 3 rings (SSSR count). The molecule has 0 saturated heterocycles. The van der Waals surface area contributed by atoms with Crippen LogP contribution in [0.15, 0.2) is 36.7 Å². The molecule has 0 aliphatic carbocycles. The summed E-state index contributed by atoms with van der Waals surface area (Å²) in [7, 11) is 1.88. The molecule has 98 valence electrons. The molecule has 1 aliphatic heterocycles. The van der Waals surface area contributed by atoms with E-state index in [1.165, 1.54) is 0 Å². The third-order valence-corrected chi connectivity index (χ3v) is 3.49. The van der Waals surface area contributed by atoms with E-state index in [0.29, 0.717) is 13.1 Å². The Balaban J connectivity index is 1.90. The van der Waals surface area contributed by atoms with Crippen molar-refractivity contribution in [2.24, 2.45) is 7.05 Å². The lowest BCUT2D eigenvalue weighted by Gasteiger charge is -2.18. The second-order valence-corrected chi connectivity index (χ2v) is 4.85. The Morgan fingerprint density at radius 3 is 2.95 bits per heavy atom. The molecule has 5 nitrogen and oxygen atoms in total. The van der Waals surface area contributed by atoms with Gasteiger partial charge >= 0.3 is 5.97 Å². The number of rotatable bonds is 3. The number of aliphatic carboxylic acids is 1. The number of anilines is 1. The minimum atomic E-state index is -0.763. The van der Waals surface area contributed by atoms with Crippen molar-refractivity contribution < 1.29 is 9.90 Å². The fraction of sp³-hybridized carbons (Fsp3) is 0.286. The molecule has 0 saturated carbocycles. The highest BCUT2D eigenvalue weighted by atomic mass is 16.4. The number of fused-ring (bicyclic) bond motifs is 1. The Labute approximate surface area is 111 Å². The first-order valence-electron chi connectivity index (χ1n) is 6.19. The van der Waals surface area contributed by atoms with Crippen molar-refractivity contribution in [2.45, 2.75) is 12.5 Å². The largest absolute Gasteiger partial charge is 0.481 e. The van der Waals surface area contributed by atoms with E-state index in [9.17, 15) is 9.90 Å². The van der Waals surface area contributed by atoms with E-state index in [1.54, 1.807) is 4.68 Å². The quantitative estimate of drug-likeness (QED) is 0.907. The normalized spacial score (nSPS) is 17.5. The summed E-state index contributed by atoms with van der Waals surface area (Å²) in [5, 5.41) is 13.4. The maximum Gasteiger partial charge on any atom is 0.312 e. The Kier molecular flexibility index (Phi) is 2.74. The van der Waals surface area contributed by atoms with Crippen molar-refractivity contribution in [3.8, 4) is 0 Å². The van der Waals surface area contributed by atoms with Gasteiger partial charge in [-0.15, -0.1) is 0 Å². The predicted octanol–water partition coefficient (Wildman–Crippen LogP) is 1.61. The highest BCUT2D eigenvalue weighted by Crippen LogP contribution is 2.36. The monoisotopic (exact) mass is 257 g/mol. The lowest BCUT2D eigenvalue weighted by molar-refractivity contribution is -0.138. The summed E-state index contributed by atoms with van der Waals surface area (Å²) in [6, 6.07) is 7.72. The summed E-state index contributed by atoms with van der Waals surface area (Å²) >= 11 is 0. The second-order valence-electron chi connectivity index (χ2n) is 4.85. The van der Waals surface area contributed by atoms with Crippen LogP contribution in [0.25, 0.3) is 0 Å². The second kappa shape index (κ2) is 4.42. The molecule has 1 aliphatic rings. The first kappa shape index (κ1) is 11.8. The van der Waals surface area contributed by atoms with Gasteiger partial charge in [-0.25, -0.2) is 0 Å². The van der Waals surface area contributed by atoms with E-state index in [0.717, 1.165) is 16.8 Å². The molecule has 0 spiro atoms. The number of aryl methyl sites for hydroxylation is 1. The van der Waals surface area contributed by atoms with Crippen LogP contribution in [-0.4, -0.2) is 27.4 Å². The van der Waals surface area contributed by atoms with Crippen LogP contribution in [0.4, 0.5) is 5.69 Å². The molecule has 2 aromatic rings. The molecule has 5 heteroatoms. The van der Waals surface area contributed by atoms with Gasteiger partial charge in [0.15, 0.2) is 0 Å². The summed E-state index contributed by atoms with van der Waals surface area (Å²) in [5.41, 5.74) is 3.00. The zero-order valence-corrected chi connectivity index (χ0v) is 10.7. The third-order valence-electron chi connectivity index (χ3n) is 3.49. The molecular formula is C14H15N3O2.